The van der Waals surface area contributed by atoms with E-state index in [9.17, 15) is 9.90 Å². The fourth-order valence-electron chi connectivity index (χ4n) is 1.26. The molecule has 0 aromatic heterocycles. The Kier molecular flexibility index (Phi) is 7.82. The number of ether oxygens (including phenoxy) is 2. The van der Waals surface area contributed by atoms with E-state index in [0.717, 1.165) is 0 Å². The van der Waals surface area contributed by atoms with Crippen LogP contribution in [0.5, 0.6) is 5.75 Å². The monoisotopic (exact) mass is 395 g/mol. The van der Waals surface area contributed by atoms with Crippen molar-refractivity contribution in [1.29, 1.82) is 0 Å². The van der Waals surface area contributed by atoms with Gasteiger partial charge in [-0.1, -0.05) is 0 Å². The van der Waals surface area contributed by atoms with Crippen LogP contribution in [0.1, 0.15) is 10.4 Å². The summed E-state index contributed by atoms with van der Waals surface area (Å²) in [6.45, 7) is 0.557. The zero-order chi connectivity index (χ0) is 15.0. The van der Waals surface area contributed by atoms with Crippen LogP contribution in [-0.4, -0.2) is 56.1 Å². The molecule has 0 spiro atoms. The molecule has 1 atom stereocenters. The van der Waals surface area contributed by atoms with E-state index in [0.29, 0.717) is 11.3 Å². The van der Waals surface area contributed by atoms with Crippen LogP contribution in [0.4, 0.5) is 0 Å². The number of aliphatic hydroxyl groups is 1. The molecule has 0 bridgehead atoms. The molecule has 0 aliphatic carbocycles. The Labute approximate surface area is 132 Å². The van der Waals surface area contributed by atoms with Gasteiger partial charge in [-0.05, 0) is 38.4 Å². The number of halogens is 1. The molecule has 1 unspecified atom stereocenters. The summed E-state index contributed by atoms with van der Waals surface area (Å²) in [4.78, 5) is 13.3. The number of aliphatic hydroxyl groups excluding tert-OH is 1. The number of hydrogen-bond donors (Lipinski definition) is 1. The largest absolute Gasteiger partial charge is 0.460 e. The molecule has 1 aromatic rings. The average molecular weight is 395 g/mol. The van der Waals surface area contributed by atoms with Gasteiger partial charge in [-0.15, -0.1) is 0 Å². The van der Waals surface area contributed by atoms with Crippen LogP contribution < -0.4 is 3.07 Å². The van der Waals surface area contributed by atoms with Crippen molar-refractivity contribution in [3.05, 3.63) is 29.8 Å². The Hall–Kier alpha value is -0.900. The lowest BCUT2D eigenvalue weighted by Gasteiger charge is -2.18. The van der Waals surface area contributed by atoms with Crippen LogP contribution in [0.3, 0.4) is 0 Å². The Morgan fingerprint density at radius 3 is 2.50 bits per heavy atom. The van der Waals surface area contributed by atoms with Crippen molar-refractivity contribution >= 4 is 29.0 Å². The summed E-state index contributed by atoms with van der Waals surface area (Å²) in [7, 11) is 3.49. The smallest absolute Gasteiger partial charge is 0.338 e. The fraction of sp³-hybridized carbons (Fsp3) is 0.462. The number of hydrogen-bond acceptors (Lipinski definition) is 6. The van der Waals surface area contributed by atoms with Crippen molar-refractivity contribution in [2.75, 3.05) is 33.9 Å². The first-order valence-corrected chi connectivity index (χ1v) is 6.90. The highest BCUT2D eigenvalue weighted by Gasteiger charge is 2.08. The molecule has 1 rings (SSSR count). The zero-order valence-electron chi connectivity index (χ0n) is 11.4. The van der Waals surface area contributed by atoms with Crippen LogP contribution in [0.15, 0.2) is 24.3 Å². The molecule has 7 heteroatoms. The van der Waals surface area contributed by atoms with E-state index in [1.807, 2.05) is 0 Å². The molecule has 0 fully saturated rings. The van der Waals surface area contributed by atoms with Gasteiger partial charge in [-0.25, -0.2) is 4.79 Å². The second-order valence-corrected chi connectivity index (χ2v) is 4.70. The Bertz CT molecular complexity index is 410. The highest BCUT2D eigenvalue weighted by molar-refractivity contribution is 14.1. The number of rotatable bonds is 8. The van der Waals surface area contributed by atoms with E-state index in [2.05, 4.69) is 0 Å². The lowest BCUT2D eigenvalue weighted by molar-refractivity contribution is -0.0452. The lowest BCUT2D eigenvalue weighted by Crippen LogP contribution is -2.32. The normalized spacial score (nSPS) is 12.2. The standard InChI is InChI=1S/C13H18INO5/c1-15(2)12(16)9-18-7-8-19-13(17)10-3-5-11(20-14)6-4-10/h3-6,12,16H,7-9H2,1-2H3. The summed E-state index contributed by atoms with van der Waals surface area (Å²) >= 11 is 1.77. The second kappa shape index (κ2) is 9.11. The first-order valence-electron chi connectivity index (χ1n) is 6.02. The summed E-state index contributed by atoms with van der Waals surface area (Å²) in [6.07, 6.45) is -0.661. The summed E-state index contributed by atoms with van der Waals surface area (Å²) < 4.78 is 15.2. The predicted molar refractivity (Wildman–Crippen MR) is 81.9 cm³/mol. The number of carbonyl (C=O) groups is 1. The van der Waals surface area contributed by atoms with Crippen LogP contribution in [0.2, 0.25) is 0 Å². The topological polar surface area (TPSA) is 68.2 Å². The third-order valence-electron chi connectivity index (χ3n) is 2.50. The summed E-state index contributed by atoms with van der Waals surface area (Å²) in [5.74, 6) is 0.255. The Balaban J connectivity index is 2.22. The van der Waals surface area contributed by atoms with Crippen LogP contribution in [0.25, 0.3) is 0 Å². The molecule has 20 heavy (non-hydrogen) atoms. The minimum Gasteiger partial charge on any atom is -0.460 e. The van der Waals surface area contributed by atoms with Gasteiger partial charge in [-0.2, -0.15) is 0 Å². The average Bonchev–Trinajstić information content (AvgIpc) is 2.46. The molecule has 0 radical (unpaired) electrons. The van der Waals surface area contributed by atoms with Crippen molar-refractivity contribution < 1.29 is 22.4 Å². The molecule has 1 N–H and O–H groups in total. The quantitative estimate of drug-likeness (QED) is 0.311. The van der Waals surface area contributed by atoms with Crippen molar-refractivity contribution in [2.45, 2.75) is 6.23 Å². The third kappa shape index (κ3) is 6.04. The predicted octanol–water partition coefficient (Wildman–Crippen LogP) is 1.47. The molecule has 0 amide bonds. The SMILES string of the molecule is CN(C)C(O)COCCOC(=O)c1ccc(OI)cc1. The van der Waals surface area contributed by atoms with E-state index >= 15 is 0 Å². The molecule has 0 aliphatic heterocycles. The third-order valence-corrected chi connectivity index (χ3v) is 3.01. The first kappa shape index (κ1) is 17.2. The molecular weight excluding hydrogens is 377 g/mol. The number of likely N-dealkylation sites (N-methyl/N-ethyl adjacent to an activating group) is 1. The van der Waals surface area contributed by atoms with Gasteiger partial charge in [0.05, 0.1) is 18.8 Å². The molecule has 0 saturated carbocycles. The van der Waals surface area contributed by atoms with Gasteiger partial charge in [0.25, 0.3) is 0 Å². The Morgan fingerprint density at radius 1 is 1.30 bits per heavy atom. The van der Waals surface area contributed by atoms with Crippen LogP contribution in [-0.2, 0) is 9.47 Å². The van der Waals surface area contributed by atoms with Crippen molar-refractivity contribution in [3.63, 3.8) is 0 Å². The van der Waals surface area contributed by atoms with Crippen molar-refractivity contribution in [1.82, 2.24) is 4.90 Å². The highest BCUT2D eigenvalue weighted by Crippen LogP contribution is 2.14. The van der Waals surface area contributed by atoms with E-state index < -0.39 is 12.2 Å². The van der Waals surface area contributed by atoms with Gasteiger partial charge < -0.3 is 17.6 Å². The first-order chi connectivity index (χ1) is 9.54. The van der Waals surface area contributed by atoms with Gasteiger partial charge in [0.1, 0.15) is 18.6 Å². The van der Waals surface area contributed by atoms with E-state index in [1.165, 1.54) is 0 Å². The molecule has 6 nitrogen and oxygen atoms in total. The van der Waals surface area contributed by atoms with Crippen molar-refractivity contribution in [3.8, 4) is 5.75 Å². The van der Waals surface area contributed by atoms with Gasteiger partial charge in [-0.3, -0.25) is 4.90 Å². The van der Waals surface area contributed by atoms with Gasteiger partial charge in [0.2, 0.25) is 0 Å². The fourth-order valence-corrected chi connectivity index (χ4v) is 1.55. The summed E-state index contributed by atoms with van der Waals surface area (Å²) in [5.41, 5.74) is 0.454. The van der Waals surface area contributed by atoms with Crippen LogP contribution in [0, 0.1) is 0 Å². The number of benzene rings is 1. The highest BCUT2D eigenvalue weighted by atomic mass is 127. The van der Waals surface area contributed by atoms with E-state index in [-0.39, 0.29) is 19.8 Å². The maximum atomic E-state index is 11.7. The van der Waals surface area contributed by atoms with E-state index in [1.54, 1.807) is 66.3 Å². The summed E-state index contributed by atoms with van der Waals surface area (Å²) in [6, 6.07) is 6.64. The van der Waals surface area contributed by atoms with Crippen LogP contribution >= 0.6 is 23.0 Å². The molecule has 0 heterocycles. The zero-order valence-corrected chi connectivity index (χ0v) is 13.6. The minimum atomic E-state index is -0.661. The molecule has 0 aliphatic rings. The number of carbonyl (C=O) groups excluding carboxylic acids is 1. The Morgan fingerprint density at radius 2 is 1.95 bits per heavy atom. The molecular formula is C13H18INO5. The van der Waals surface area contributed by atoms with Gasteiger partial charge >= 0.3 is 5.97 Å². The van der Waals surface area contributed by atoms with Gasteiger partial charge in [0.15, 0.2) is 23.0 Å². The number of esters is 1. The second-order valence-electron chi connectivity index (χ2n) is 4.26. The van der Waals surface area contributed by atoms with E-state index in [4.69, 9.17) is 12.5 Å². The summed E-state index contributed by atoms with van der Waals surface area (Å²) in [5, 5.41) is 9.44. The lowest BCUT2D eigenvalue weighted by atomic mass is 10.2. The molecule has 1 aromatic carbocycles. The minimum absolute atomic E-state index is 0.142. The molecule has 112 valence electrons. The maximum absolute atomic E-state index is 11.7. The van der Waals surface area contributed by atoms with Crippen molar-refractivity contribution in [2.24, 2.45) is 0 Å². The molecule has 0 saturated heterocycles. The number of nitrogens with zero attached hydrogens (tertiary/aromatic N) is 1. The maximum Gasteiger partial charge on any atom is 0.338 e. The van der Waals surface area contributed by atoms with Gasteiger partial charge in [0, 0.05) is 0 Å².